The Kier molecular flexibility index (Phi) is 5.49. The molecule has 21 heavy (non-hydrogen) atoms. The molecule has 2 aromatic rings. The monoisotopic (exact) mass is 318 g/mol. The highest BCUT2D eigenvalue weighted by Crippen LogP contribution is 2.40. The molecule has 1 aliphatic rings. The van der Waals surface area contributed by atoms with E-state index in [1.54, 1.807) is 0 Å². The lowest BCUT2D eigenvalue weighted by atomic mass is 9.91. The molecule has 1 unspecified atom stereocenters. The van der Waals surface area contributed by atoms with E-state index in [-0.39, 0.29) is 17.5 Å². The third-order valence-electron chi connectivity index (χ3n) is 3.85. The smallest absolute Gasteiger partial charge is 0.219 e. The minimum absolute atomic E-state index is 0. The molecule has 1 nitrogen and oxygen atoms in total. The van der Waals surface area contributed by atoms with Crippen LogP contribution in [0.1, 0.15) is 45.1 Å². The number of rotatable bonds is 2. The average Bonchev–Trinajstić information content (AvgIpc) is 2.48. The largest absolute Gasteiger partial charge is 0.282 e. The van der Waals surface area contributed by atoms with Gasteiger partial charge in [-0.3, -0.25) is 4.79 Å². The third-order valence-corrected chi connectivity index (χ3v) is 5.07. The zero-order valence-electron chi connectivity index (χ0n) is 12.0. The fourth-order valence-corrected chi connectivity index (χ4v) is 3.89. The zero-order valence-corrected chi connectivity index (χ0v) is 13.7. The Labute approximate surface area is 136 Å². The summed E-state index contributed by atoms with van der Waals surface area (Å²) in [6, 6.07) is 16.4. The van der Waals surface area contributed by atoms with E-state index in [0.717, 1.165) is 18.4 Å². The van der Waals surface area contributed by atoms with Crippen molar-refractivity contribution in [1.29, 1.82) is 0 Å². The lowest BCUT2D eigenvalue weighted by Crippen LogP contribution is -2.09. The molecule has 0 aliphatic heterocycles. The van der Waals surface area contributed by atoms with Crippen molar-refractivity contribution in [3.05, 3.63) is 70.8 Å². The van der Waals surface area contributed by atoms with Crippen LogP contribution in [0.5, 0.6) is 0 Å². The molecule has 2 aromatic carbocycles. The van der Waals surface area contributed by atoms with Gasteiger partial charge < -0.3 is 0 Å². The van der Waals surface area contributed by atoms with Crippen molar-refractivity contribution in [1.82, 2.24) is 0 Å². The number of carbonyl (C=O) groups excluding carboxylic acids is 1. The summed E-state index contributed by atoms with van der Waals surface area (Å²) in [5.41, 5.74) is 4.76. The number of hydrogen-bond acceptors (Lipinski definition) is 2. The quantitative estimate of drug-likeness (QED) is 0.740. The minimum Gasteiger partial charge on any atom is -0.282 e. The first-order valence-corrected chi connectivity index (χ1v) is 7.97. The van der Waals surface area contributed by atoms with E-state index in [0.29, 0.717) is 5.25 Å². The van der Waals surface area contributed by atoms with Gasteiger partial charge in [-0.05, 0) is 37.3 Å². The van der Waals surface area contributed by atoms with Crippen LogP contribution in [-0.2, 0) is 6.42 Å². The highest BCUT2D eigenvalue weighted by Gasteiger charge is 2.23. The summed E-state index contributed by atoms with van der Waals surface area (Å²) in [6.45, 7) is 2.04. The molecule has 0 heterocycles. The summed E-state index contributed by atoms with van der Waals surface area (Å²) in [5, 5.41) is 0.500. The van der Waals surface area contributed by atoms with Crippen molar-refractivity contribution in [3.8, 4) is 0 Å². The van der Waals surface area contributed by atoms with Crippen LogP contribution in [0.25, 0.3) is 0 Å². The first-order chi connectivity index (χ1) is 9.74. The second-order valence-corrected chi connectivity index (χ2v) is 6.53. The number of benzene rings is 2. The molecule has 3 rings (SSSR count). The van der Waals surface area contributed by atoms with E-state index >= 15 is 0 Å². The van der Waals surface area contributed by atoms with Crippen LogP contribution in [0.4, 0.5) is 0 Å². The van der Waals surface area contributed by atoms with Crippen LogP contribution in [0.2, 0.25) is 0 Å². The fraction of sp³-hybridized carbons (Fsp3) is 0.278. The molecule has 0 spiro atoms. The van der Waals surface area contributed by atoms with Crippen LogP contribution in [0.15, 0.2) is 48.5 Å². The van der Waals surface area contributed by atoms with Crippen molar-refractivity contribution >= 4 is 29.3 Å². The fourth-order valence-electron chi connectivity index (χ4n) is 2.72. The predicted octanol–water partition coefficient (Wildman–Crippen LogP) is 5.37. The molecule has 1 atom stereocenters. The lowest BCUT2D eigenvalue weighted by molar-refractivity contribution is 0.108. The summed E-state index contributed by atoms with van der Waals surface area (Å²) in [6.07, 6.45) is 3.42. The Morgan fingerprint density at radius 3 is 2.57 bits per heavy atom. The summed E-state index contributed by atoms with van der Waals surface area (Å²) in [7, 11) is 0. The molecule has 0 N–H and O–H groups in total. The molecule has 3 heteroatoms. The predicted molar refractivity (Wildman–Crippen MR) is 92.5 cm³/mol. The van der Waals surface area contributed by atoms with Crippen molar-refractivity contribution in [2.75, 3.05) is 0 Å². The summed E-state index contributed by atoms with van der Waals surface area (Å²) < 4.78 is 0. The van der Waals surface area contributed by atoms with Gasteiger partial charge in [0.15, 0.2) is 0 Å². The first-order valence-electron chi connectivity index (χ1n) is 7.09. The standard InChI is InChI=1S/C18H18OS.ClH/c1-13-9-11-15(12-10-13)18(19)20-17-8-4-6-14-5-2-3-7-16(14)17;/h2-3,5,7,9-12,17H,4,6,8H2,1H3;1H. The summed E-state index contributed by atoms with van der Waals surface area (Å²) in [4.78, 5) is 12.4. The number of thioether (sulfide) groups is 1. The number of hydrogen-bond donors (Lipinski definition) is 0. The molecule has 0 saturated carbocycles. The van der Waals surface area contributed by atoms with Crippen LogP contribution in [-0.4, -0.2) is 5.12 Å². The normalized spacial score (nSPS) is 16.7. The van der Waals surface area contributed by atoms with Gasteiger partial charge in [-0.25, -0.2) is 0 Å². The third kappa shape index (κ3) is 3.69. The first kappa shape index (κ1) is 16.1. The molecule has 0 radical (unpaired) electrons. The van der Waals surface area contributed by atoms with E-state index < -0.39 is 0 Å². The zero-order chi connectivity index (χ0) is 13.9. The Bertz CT molecular complexity index is 621. The summed E-state index contributed by atoms with van der Waals surface area (Å²) in [5.74, 6) is 0. The molecule has 1 aliphatic carbocycles. The van der Waals surface area contributed by atoms with Gasteiger partial charge in [-0.1, -0.05) is 65.9 Å². The molecule has 0 fully saturated rings. The van der Waals surface area contributed by atoms with E-state index in [9.17, 15) is 4.79 Å². The van der Waals surface area contributed by atoms with Crippen LogP contribution in [0, 0.1) is 6.92 Å². The molecule has 0 bridgehead atoms. The van der Waals surface area contributed by atoms with Gasteiger partial charge in [-0.15, -0.1) is 12.4 Å². The van der Waals surface area contributed by atoms with Crippen molar-refractivity contribution in [3.63, 3.8) is 0 Å². The van der Waals surface area contributed by atoms with Gasteiger partial charge in [0.2, 0.25) is 5.12 Å². The van der Waals surface area contributed by atoms with E-state index in [2.05, 4.69) is 24.3 Å². The Morgan fingerprint density at radius 1 is 1.10 bits per heavy atom. The topological polar surface area (TPSA) is 17.1 Å². The SMILES string of the molecule is Cc1ccc(C(=O)SC2CCCc3ccccc32)cc1.Cl. The second-order valence-electron chi connectivity index (χ2n) is 5.35. The Balaban J connectivity index is 0.00000161. The number of aryl methyl sites for hydroxylation is 2. The van der Waals surface area contributed by atoms with Crippen molar-refractivity contribution in [2.24, 2.45) is 0 Å². The highest BCUT2D eigenvalue weighted by molar-refractivity contribution is 8.14. The Morgan fingerprint density at radius 2 is 1.81 bits per heavy atom. The van der Waals surface area contributed by atoms with Gasteiger partial charge in [-0.2, -0.15) is 0 Å². The van der Waals surface area contributed by atoms with E-state index in [1.165, 1.54) is 34.9 Å². The van der Waals surface area contributed by atoms with E-state index in [1.807, 2.05) is 31.2 Å². The van der Waals surface area contributed by atoms with Gasteiger partial charge >= 0.3 is 0 Å². The van der Waals surface area contributed by atoms with Gasteiger partial charge in [0.05, 0.1) is 0 Å². The average molecular weight is 319 g/mol. The molecule has 0 aromatic heterocycles. The lowest BCUT2D eigenvalue weighted by Gasteiger charge is -2.24. The minimum atomic E-state index is 0. The molecular formula is C18H19ClOS. The van der Waals surface area contributed by atoms with Gasteiger partial charge in [0.25, 0.3) is 0 Å². The number of carbonyl (C=O) groups is 1. The van der Waals surface area contributed by atoms with Crippen molar-refractivity contribution < 1.29 is 4.79 Å². The summed E-state index contributed by atoms with van der Waals surface area (Å²) >= 11 is 1.48. The maximum Gasteiger partial charge on any atom is 0.219 e. The van der Waals surface area contributed by atoms with Gasteiger partial charge in [0, 0.05) is 10.8 Å². The number of fused-ring (bicyclic) bond motifs is 1. The van der Waals surface area contributed by atoms with Crippen LogP contribution in [0.3, 0.4) is 0 Å². The van der Waals surface area contributed by atoms with Gasteiger partial charge in [0.1, 0.15) is 0 Å². The molecular weight excluding hydrogens is 300 g/mol. The maximum atomic E-state index is 12.4. The van der Waals surface area contributed by atoms with E-state index in [4.69, 9.17) is 0 Å². The highest BCUT2D eigenvalue weighted by atomic mass is 35.5. The second kappa shape index (κ2) is 7.15. The van der Waals surface area contributed by atoms with Crippen molar-refractivity contribution in [2.45, 2.75) is 31.4 Å². The molecule has 0 amide bonds. The van der Waals surface area contributed by atoms with Crippen LogP contribution >= 0.6 is 24.2 Å². The molecule has 110 valence electrons. The maximum absolute atomic E-state index is 12.4. The van der Waals surface area contributed by atoms with Crippen LogP contribution < -0.4 is 0 Å². The Hall–Kier alpha value is -1.25. The molecule has 0 saturated heterocycles. The number of halogens is 1.